The van der Waals surface area contributed by atoms with Gasteiger partial charge in [-0.25, -0.2) is 17.8 Å². The summed E-state index contributed by atoms with van der Waals surface area (Å²) in [5.41, 5.74) is 4.54. The average Bonchev–Trinajstić information content (AvgIpc) is 3.34. The summed E-state index contributed by atoms with van der Waals surface area (Å²) in [7, 11) is -0.362. The van der Waals surface area contributed by atoms with Crippen LogP contribution in [-0.2, 0) is 17.1 Å². The molecule has 0 fully saturated rings. The predicted octanol–water partition coefficient (Wildman–Crippen LogP) is 5.40. The Kier molecular flexibility index (Phi) is 5.45. The van der Waals surface area contributed by atoms with Crippen LogP contribution >= 0.6 is 11.3 Å². The number of thiazole rings is 1. The van der Waals surface area contributed by atoms with Crippen LogP contribution in [0.5, 0.6) is 0 Å². The van der Waals surface area contributed by atoms with E-state index in [0.29, 0.717) is 22.1 Å². The Morgan fingerprint density at radius 3 is 2.32 bits per heavy atom. The minimum atomic E-state index is -3.75. The lowest BCUT2D eigenvalue weighted by molar-refractivity contribution is 0.593. The molecule has 8 heteroatoms. The van der Waals surface area contributed by atoms with Crippen LogP contribution in [0.4, 0.5) is 10.1 Å². The van der Waals surface area contributed by atoms with Crippen molar-refractivity contribution >= 4 is 27.0 Å². The third-order valence-electron chi connectivity index (χ3n) is 5.39. The number of nitrogens with zero attached hydrogens (tertiary/aromatic N) is 3. The molecule has 31 heavy (non-hydrogen) atoms. The van der Waals surface area contributed by atoms with Gasteiger partial charge in [-0.15, -0.1) is 11.3 Å². The Labute approximate surface area is 185 Å². The summed E-state index contributed by atoms with van der Waals surface area (Å²) in [5.74, 6) is -0.301. The van der Waals surface area contributed by atoms with Gasteiger partial charge in [0, 0.05) is 30.7 Å². The third kappa shape index (κ3) is 3.88. The lowest BCUT2D eigenvalue weighted by atomic mass is 10.2. The average molecular weight is 456 g/mol. The molecule has 0 spiro atoms. The molecule has 4 aromatic rings. The number of benzene rings is 2. The number of hydrogen-bond donors (Lipinski definition) is 0. The molecule has 0 atom stereocenters. The molecule has 0 aliphatic heterocycles. The maximum atomic E-state index is 13.4. The fourth-order valence-electron chi connectivity index (χ4n) is 3.32. The molecular formula is C23H22FN3O2S2. The van der Waals surface area contributed by atoms with Crippen molar-refractivity contribution in [2.75, 3.05) is 11.4 Å². The van der Waals surface area contributed by atoms with Gasteiger partial charge in [0.05, 0.1) is 17.1 Å². The number of halogens is 1. The van der Waals surface area contributed by atoms with Gasteiger partial charge in [0.15, 0.2) is 0 Å². The van der Waals surface area contributed by atoms with Crippen molar-refractivity contribution in [2.45, 2.75) is 18.7 Å². The van der Waals surface area contributed by atoms with Crippen LogP contribution in [-0.4, -0.2) is 25.0 Å². The summed E-state index contributed by atoms with van der Waals surface area (Å²) in [6.07, 6.45) is 0. The fourth-order valence-corrected chi connectivity index (χ4v) is 5.67. The molecule has 0 aliphatic carbocycles. The molecule has 0 amide bonds. The molecule has 0 N–H and O–H groups in total. The highest BCUT2D eigenvalue weighted by Gasteiger charge is 2.27. The topological polar surface area (TPSA) is 55.2 Å². The number of anilines is 1. The second kappa shape index (κ2) is 7.94. The van der Waals surface area contributed by atoms with E-state index in [2.05, 4.69) is 4.98 Å². The summed E-state index contributed by atoms with van der Waals surface area (Å²) in [5, 5.41) is 2.58. The molecule has 0 radical (unpaired) electrons. The van der Waals surface area contributed by atoms with Crippen LogP contribution < -0.4 is 4.31 Å². The molecule has 2 aromatic heterocycles. The molecule has 0 aliphatic rings. The Hall–Kier alpha value is -2.97. The van der Waals surface area contributed by atoms with Gasteiger partial charge in [0.25, 0.3) is 10.0 Å². The number of aryl methyl sites for hydroxylation is 1. The third-order valence-corrected chi connectivity index (χ3v) is 8.15. The molecule has 160 valence electrons. The van der Waals surface area contributed by atoms with Crippen molar-refractivity contribution in [3.05, 3.63) is 77.1 Å². The lowest BCUT2D eigenvalue weighted by Gasteiger charge is -2.19. The molecule has 0 bridgehead atoms. The number of aromatic nitrogens is 2. The first-order valence-corrected chi connectivity index (χ1v) is 11.9. The van der Waals surface area contributed by atoms with Gasteiger partial charge in [0.1, 0.15) is 15.7 Å². The van der Waals surface area contributed by atoms with Crippen LogP contribution in [0.1, 0.15) is 11.3 Å². The van der Waals surface area contributed by atoms with Crippen molar-refractivity contribution in [3.63, 3.8) is 0 Å². The Balaban J connectivity index is 1.72. The second-order valence-corrected chi connectivity index (χ2v) is 10.2. The lowest BCUT2D eigenvalue weighted by Crippen LogP contribution is -2.26. The minimum absolute atomic E-state index is 0.242. The molecule has 4 rings (SSSR count). The smallest absolute Gasteiger partial charge is 0.265 e. The van der Waals surface area contributed by atoms with Crippen molar-refractivity contribution < 1.29 is 12.8 Å². The van der Waals surface area contributed by atoms with Gasteiger partial charge in [-0.3, -0.25) is 4.31 Å². The quantitative estimate of drug-likeness (QED) is 0.405. The first-order chi connectivity index (χ1) is 14.7. The first-order valence-electron chi connectivity index (χ1n) is 9.62. The van der Waals surface area contributed by atoms with Gasteiger partial charge in [-0.2, -0.15) is 0 Å². The summed E-state index contributed by atoms with van der Waals surface area (Å²) in [4.78, 5) is 4.90. The first kappa shape index (κ1) is 21.3. The highest BCUT2D eigenvalue weighted by Crippen LogP contribution is 2.34. The zero-order valence-corrected chi connectivity index (χ0v) is 19.3. The second-order valence-electron chi connectivity index (χ2n) is 7.39. The zero-order chi connectivity index (χ0) is 22.3. The van der Waals surface area contributed by atoms with E-state index in [9.17, 15) is 12.8 Å². The van der Waals surface area contributed by atoms with Crippen LogP contribution in [0.25, 0.3) is 22.0 Å². The SMILES string of the molecule is Cc1ccc(N(C)S(=O)(=O)c2cc(-c3nc(-c4ccc(F)cc4)cs3)n(C)c2C)cc1. The summed E-state index contributed by atoms with van der Waals surface area (Å²) >= 11 is 1.42. The molecule has 0 unspecified atom stereocenters. The molecule has 5 nitrogen and oxygen atoms in total. The highest BCUT2D eigenvalue weighted by molar-refractivity contribution is 7.92. The maximum Gasteiger partial charge on any atom is 0.265 e. The van der Waals surface area contributed by atoms with E-state index in [-0.39, 0.29) is 10.7 Å². The van der Waals surface area contributed by atoms with Crippen LogP contribution in [0, 0.1) is 19.7 Å². The van der Waals surface area contributed by atoms with Gasteiger partial charge < -0.3 is 4.57 Å². The molecule has 2 heterocycles. The van der Waals surface area contributed by atoms with E-state index in [1.54, 1.807) is 44.3 Å². The standard InChI is InChI=1S/C23H22FN3O2S2/c1-15-5-11-19(12-6-15)27(4)31(28,29)22-13-21(26(3)16(22)2)23-25-20(14-30-23)17-7-9-18(24)10-8-17/h5-14H,1-4H3. The zero-order valence-electron chi connectivity index (χ0n) is 17.6. The minimum Gasteiger partial charge on any atom is -0.345 e. The number of sulfonamides is 1. The fraction of sp³-hybridized carbons (Fsp3) is 0.174. The number of hydrogen-bond acceptors (Lipinski definition) is 4. The van der Waals surface area contributed by atoms with Crippen molar-refractivity contribution in [2.24, 2.45) is 7.05 Å². The monoisotopic (exact) mass is 455 g/mol. The highest BCUT2D eigenvalue weighted by atomic mass is 32.2. The maximum absolute atomic E-state index is 13.4. The molecule has 0 saturated heterocycles. The van der Waals surface area contributed by atoms with Gasteiger partial charge in [-0.05, 0) is 56.3 Å². The van der Waals surface area contributed by atoms with E-state index in [1.165, 1.54) is 27.8 Å². The van der Waals surface area contributed by atoms with E-state index in [4.69, 9.17) is 0 Å². The van der Waals surface area contributed by atoms with Crippen molar-refractivity contribution in [1.82, 2.24) is 9.55 Å². The normalized spacial score (nSPS) is 11.6. The molecule has 2 aromatic carbocycles. The Morgan fingerprint density at radius 1 is 1.03 bits per heavy atom. The van der Waals surface area contributed by atoms with Gasteiger partial charge >= 0.3 is 0 Å². The Bertz CT molecular complexity index is 1340. The predicted molar refractivity (Wildman–Crippen MR) is 123 cm³/mol. The largest absolute Gasteiger partial charge is 0.345 e. The van der Waals surface area contributed by atoms with E-state index >= 15 is 0 Å². The van der Waals surface area contributed by atoms with E-state index < -0.39 is 10.0 Å². The van der Waals surface area contributed by atoms with Gasteiger partial charge in [0.2, 0.25) is 0 Å². The molecule has 0 saturated carbocycles. The van der Waals surface area contributed by atoms with Crippen LogP contribution in [0.3, 0.4) is 0 Å². The molecular weight excluding hydrogens is 433 g/mol. The van der Waals surface area contributed by atoms with Crippen LogP contribution in [0.15, 0.2) is 64.9 Å². The number of rotatable bonds is 5. The van der Waals surface area contributed by atoms with Crippen molar-refractivity contribution in [3.8, 4) is 22.0 Å². The van der Waals surface area contributed by atoms with E-state index in [0.717, 1.165) is 16.8 Å². The van der Waals surface area contributed by atoms with E-state index in [1.807, 2.05) is 36.1 Å². The Morgan fingerprint density at radius 2 is 1.68 bits per heavy atom. The summed E-state index contributed by atoms with van der Waals surface area (Å²) in [6.45, 7) is 3.74. The van der Waals surface area contributed by atoms with Crippen molar-refractivity contribution in [1.29, 1.82) is 0 Å². The summed E-state index contributed by atoms with van der Waals surface area (Å²) in [6, 6.07) is 15.2. The summed E-state index contributed by atoms with van der Waals surface area (Å²) < 4.78 is 43.1. The van der Waals surface area contributed by atoms with Gasteiger partial charge in [-0.1, -0.05) is 17.7 Å². The van der Waals surface area contributed by atoms with Crippen LogP contribution in [0.2, 0.25) is 0 Å².